The molecule has 0 radical (unpaired) electrons. The molecule has 130 valence electrons. The molecule has 0 saturated carbocycles. The standard InChI is InChI=1S/C17H28N2O3S/c1-13-14(2)17(7-6-16(13)22-5)23(20,21)19(4)12-15-8-10-18(3)11-9-15/h6-7,15H,8-12H2,1-5H3. The van der Waals surface area contributed by atoms with E-state index >= 15 is 0 Å². The van der Waals surface area contributed by atoms with Gasteiger partial charge in [-0.2, -0.15) is 0 Å². The summed E-state index contributed by atoms with van der Waals surface area (Å²) in [5, 5.41) is 0. The molecule has 5 nitrogen and oxygen atoms in total. The van der Waals surface area contributed by atoms with Crippen molar-refractivity contribution in [2.75, 3.05) is 40.8 Å². The van der Waals surface area contributed by atoms with Gasteiger partial charge >= 0.3 is 0 Å². The molecule has 0 amide bonds. The zero-order chi connectivity index (χ0) is 17.2. The van der Waals surface area contributed by atoms with Crippen LogP contribution in [0, 0.1) is 19.8 Å². The molecule has 1 heterocycles. The lowest BCUT2D eigenvalue weighted by molar-refractivity contribution is 0.202. The Bertz CT molecular complexity index is 650. The Labute approximate surface area is 140 Å². The van der Waals surface area contributed by atoms with Gasteiger partial charge in [0.15, 0.2) is 0 Å². The van der Waals surface area contributed by atoms with E-state index in [-0.39, 0.29) is 0 Å². The van der Waals surface area contributed by atoms with Gasteiger partial charge in [0.25, 0.3) is 0 Å². The maximum absolute atomic E-state index is 12.9. The normalized spacial score (nSPS) is 17.7. The second-order valence-corrected chi connectivity index (χ2v) is 8.56. The number of likely N-dealkylation sites (tertiary alicyclic amines) is 1. The summed E-state index contributed by atoms with van der Waals surface area (Å²) in [6.45, 7) is 6.40. The van der Waals surface area contributed by atoms with Gasteiger partial charge in [0.2, 0.25) is 10.0 Å². The predicted molar refractivity (Wildman–Crippen MR) is 92.5 cm³/mol. The Hall–Kier alpha value is -1.11. The lowest BCUT2D eigenvalue weighted by Gasteiger charge is -2.31. The van der Waals surface area contributed by atoms with Crippen LogP contribution in [-0.2, 0) is 10.0 Å². The van der Waals surface area contributed by atoms with Crippen molar-refractivity contribution in [2.24, 2.45) is 5.92 Å². The molecule has 1 aromatic rings. The van der Waals surface area contributed by atoms with E-state index in [1.807, 2.05) is 13.8 Å². The number of methoxy groups -OCH3 is 1. The van der Waals surface area contributed by atoms with Crippen molar-refractivity contribution in [3.63, 3.8) is 0 Å². The molecular formula is C17H28N2O3S. The van der Waals surface area contributed by atoms with Crippen molar-refractivity contribution in [1.82, 2.24) is 9.21 Å². The van der Waals surface area contributed by atoms with Crippen molar-refractivity contribution in [3.8, 4) is 5.75 Å². The highest BCUT2D eigenvalue weighted by molar-refractivity contribution is 7.89. The van der Waals surface area contributed by atoms with Gasteiger partial charge in [-0.15, -0.1) is 0 Å². The highest BCUT2D eigenvalue weighted by Crippen LogP contribution is 2.29. The second kappa shape index (κ2) is 7.20. The molecule has 0 unspecified atom stereocenters. The first-order chi connectivity index (χ1) is 10.8. The van der Waals surface area contributed by atoms with Crippen LogP contribution in [0.5, 0.6) is 5.75 Å². The zero-order valence-corrected chi connectivity index (χ0v) is 15.6. The number of benzene rings is 1. The van der Waals surface area contributed by atoms with Crippen LogP contribution >= 0.6 is 0 Å². The van der Waals surface area contributed by atoms with E-state index in [0.29, 0.717) is 17.4 Å². The monoisotopic (exact) mass is 340 g/mol. The van der Waals surface area contributed by atoms with Crippen LogP contribution in [0.3, 0.4) is 0 Å². The second-order valence-electron chi connectivity index (χ2n) is 6.55. The molecule has 0 aromatic heterocycles. The van der Waals surface area contributed by atoms with E-state index < -0.39 is 10.0 Å². The van der Waals surface area contributed by atoms with Gasteiger partial charge in [-0.25, -0.2) is 12.7 Å². The van der Waals surface area contributed by atoms with Crippen LogP contribution < -0.4 is 4.74 Å². The van der Waals surface area contributed by atoms with Crippen molar-refractivity contribution < 1.29 is 13.2 Å². The van der Waals surface area contributed by atoms with Gasteiger partial charge in [-0.05, 0) is 76.0 Å². The third-order valence-electron chi connectivity index (χ3n) is 4.95. The van der Waals surface area contributed by atoms with E-state index in [4.69, 9.17) is 4.74 Å². The first kappa shape index (κ1) is 18.2. The fourth-order valence-electron chi connectivity index (χ4n) is 3.15. The minimum Gasteiger partial charge on any atom is -0.496 e. The summed E-state index contributed by atoms with van der Waals surface area (Å²) >= 11 is 0. The van der Waals surface area contributed by atoms with Crippen LogP contribution in [0.15, 0.2) is 17.0 Å². The minimum absolute atomic E-state index is 0.381. The number of piperidine rings is 1. The molecule has 2 rings (SSSR count). The van der Waals surface area contributed by atoms with E-state index in [0.717, 1.165) is 42.8 Å². The molecule has 0 aliphatic carbocycles. The lowest BCUT2D eigenvalue weighted by Crippen LogP contribution is -2.38. The zero-order valence-electron chi connectivity index (χ0n) is 14.8. The molecule has 0 bridgehead atoms. The van der Waals surface area contributed by atoms with Gasteiger partial charge in [-0.3, -0.25) is 0 Å². The predicted octanol–water partition coefficient (Wildman–Crippen LogP) is 2.27. The first-order valence-corrected chi connectivity index (χ1v) is 9.50. The van der Waals surface area contributed by atoms with Crippen molar-refractivity contribution in [3.05, 3.63) is 23.3 Å². The summed E-state index contributed by atoms with van der Waals surface area (Å²) in [5.74, 6) is 1.16. The molecule has 1 fully saturated rings. The number of hydrogen-bond donors (Lipinski definition) is 0. The Morgan fingerprint density at radius 3 is 2.39 bits per heavy atom. The Morgan fingerprint density at radius 1 is 1.22 bits per heavy atom. The Balaban J connectivity index is 2.19. The fraction of sp³-hybridized carbons (Fsp3) is 0.647. The number of sulfonamides is 1. The lowest BCUT2D eigenvalue weighted by atomic mass is 9.97. The maximum atomic E-state index is 12.9. The average Bonchev–Trinajstić information content (AvgIpc) is 2.51. The van der Waals surface area contributed by atoms with Gasteiger partial charge in [0.1, 0.15) is 5.75 Å². The molecule has 0 N–H and O–H groups in total. The maximum Gasteiger partial charge on any atom is 0.243 e. The first-order valence-electron chi connectivity index (χ1n) is 8.06. The van der Waals surface area contributed by atoms with E-state index in [2.05, 4.69) is 11.9 Å². The minimum atomic E-state index is -3.47. The van der Waals surface area contributed by atoms with Gasteiger partial charge in [0, 0.05) is 13.6 Å². The summed E-state index contributed by atoms with van der Waals surface area (Å²) < 4.78 is 32.6. The van der Waals surface area contributed by atoms with Crippen molar-refractivity contribution in [2.45, 2.75) is 31.6 Å². The van der Waals surface area contributed by atoms with Crippen LogP contribution in [0.4, 0.5) is 0 Å². The molecule has 1 aromatic carbocycles. The molecule has 1 saturated heterocycles. The summed E-state index contributed by atoms with van der Waals surface area (Å²) in [5.41, 5.74) is 1.64. The number of nitrogens with zero attached hydrogens (tertiary/aromatic N) is 2. The smallest absolute Gasteiger partial charge is 0.243 e. The largest absolute Gasteiger partial charge is 0.496 e. The van der Waals surface area contributed by atoms with Crippen LogP contribution in [0.25, 0.3) is 0 Å². The van der Waals surface area contributed by atoms with Crippen molar-refractivity contribution in [1.29, 1.82) is 0 Å². The molecule has 1 aliphatic rings. The van der Waals surface area contributed by atoms with Gasteiger partial charge in [-0.1, -0.05) is 0 Å². The van der Waals surface area contributed by atoms with Crippen LogP contribution in [-0.4, -0.2) is 58.5 Å². The average molecular weight is 340 g/mol. The highest BCUT2D eigenvalue weighted by Gasteiger charge is 2.27. The number of hydrogen-bond acceptors (Lipinski definition) is 4. The molecule has 1 aliphatic heterocycles. The summed E-state index contributed by atoms with van der Waals surface area (Å²) in [6.07, 6.45) is 2.11. The number of rotatable bonds is 5. The quantitative estimate of drug-likeness (QED) is 0.825. The highest BCUT2D eigenvalue weighted by atomic mass is 32.2. The van der Waals surface area contributed by atoms with Gasteiger partial charge in [0.05, 0.1) is 12.0 Å². The van der Waals surface area contributed by atoms with E-state index in [1.54, 1.807) is 26.3 Å². The van der Waals surface area contributed by atoms with Crippen LogP contribution in [0.2, 0.25) is 0 Å². The molecule has 0 atom stereocenters. The fourth-order valence-corrected chi connectivity index (χ4v) is 4.67. The molecule has 0 spiro atoms. The third kappa shape index (κ3) is 3.87. The van der Waals surface area contributed by atoms with E-state index in [1.165, 1.54) is 4.31 Å². The summed E-state index contributed by atoms with van der Waals surface area (Å²) in [6, 6.07) is 3.39. The molecule has 23 heavy (non-hydrogen) atoms. The Morgan fingerprint density at radius 2 is 1.83 bits per heavy atom. The summed E-state index contributed by atoms with van der Waals surface area (Å²) in [7, 11) is 1.93. The van der Waals surface area contributed by atoms with Crippen molar-refractivity contribution >= 4 is 10.0 Å². The molecular weight excluding hydrogens is 312 g/mol. The Kier molecular flexibility index (Phi) is 5.70. The van der Waals surface area contributed by atoms with Crippen LogP contribution in [0.1, 0.15) is 24.0 Å². The van der Waals surface area contributed by atoms with E-state index in [9.17, 15) is 8.42 Å². The SMILES string of the molecule is COc1ccc(S(=O)(=O)N(C)CC2CCN(C)CC2)c(C)c1C. The number of ether oxygens (including phenoxy) is 1. The van der Waals surface area contributed by atoms with Gasteiger partial charge < -0.3 is 9.64 Å². The summed E-state index contributed by atoms with van der Waals surface area (Å²) in [4.78, 5) is 2.67. The third-order valence-corrected chi connectivity index (χ3v) is 6.92. The molecule has 6 heteroatoms. The topological polar surface area (TPSA) is 49.9 Å².